The molecule has 0 bridgehead atoms. The lowest BCUT2D eigenvalue weighted by atomic mass is 10.2. The molecule has 2 N–H and O–H groups in total. The number of hydrogen-bond acceptors (Lipinski definition) is 3. The third-order valence-corrected chi connectivity index (χ3v) is 3.91. The van der Waals surface area contributed by atoms with E-state index in [0.29, 0.717) is 9.21 Å². The van der Waals surface area contributed by atoms with E-state index in [1.807, 2.05) is 0 Å². The molecule has 0 saturated carbocycles. The molecule has 4 nitrogen and oxygen atoms in total. The Morgan fingerprint density at radius 3 is 2.14 bits per heavy atom. The van der Waals surface area contributed by atoms with Gasteiger partial charge in [-0.2, -0.15) is 0 Å². The zero-order valence-electron chi connectivity index (χ0n) is 11.2. The van der Waals surface area contributed by atoms with Crippen LogP contribution in [0.2, 0.25) is 4.34 Å². The van der Waals surface area contributed by atoms with E-state index in [9.17, 15) is 18.4 Å². The molecule has 0 radical (unpaired) electrons. The van der Waals surface area contributed by atoms with Crippen molar-refractivity contribution in [2.45, 2.75) is 0 Å². The molecule has 2 amide bonds. The van der Waals surface area contributed by atoms with Gasteiger partial charge in [-0.1, -0.05) is 17.7 Å². The van der Waals surface area contributed by atoms with Crippen molar-refractivity contribution in [2.24, 2.45) is 0 Å². The molecule has 1 aromatic carbocycles. The third-order valence-electron chi connectivity index (χ3n) is 2.68. The lowest BCUT2D eigenvalue weighted by molar-refractivity contribution is 0.0924. The van der Waals surface area contributed by atoms with E-state index < -0.39 is 23.1 Å². The molecule has 0 aliphatic rings. The van der Waals surface area contributed by atoms with Crippen LogP contribution in [0.5, 0.6) is 0 Å². The minimum absolute atomic E-state index is 0.0391. The minimum Gasteiger partial charge on any atom is -0.350 e. The van der Waals surface area contributed by atoms with E-state index >= 15 is 0 Å². The van der Waals surface area contributed by atoms with Crippen LogP contribution in [0.4, 0.5) is 8.78 Å². The first-order valence-electron chi connectivity index (χ1n) is 6.25. The number of hydrogen-bond donors (Lipinski definition) is 2. The van der Waals surface area contributed by atoms with Gasteiger partial charge in [-0.3, -0.25) is 9.59 Å². The molecule has 0 fully saturated rings. The largest absolute Gasteiger partial charge is 0.350 e. The summed E-state index contributed by atoms with van der Waals surface area (Å²) in [6, 6.07) is 6.36. The first-order valence-corrected chi connectivity index (χ1v) is 7.44. The molecule has 22 heavy (non-hydrogen) atoms. The van der Waals surface area contributed by atoms with Crippen LogP contribution in [0.15, 0.2) is 30.3 Å². The maximum atomic E-state index is 13.4. The van der Waals surface area contributed by atoms with Gasteiger partial charge >= 0.3 is 0 Å². The smallest absolute Gasteiger partial charge is 0.261 e. The minimum atomic E-state index is -0.935. The fourth-order valence-electron chi connectivity index (χ4n) is 1.68. The van der Waals surface area contributed by atoms with Gasteiger partial charge in [0.1, 0.15) is 17.2 Å². The average molecular weight is 345 g/mol. The van der Waals surface area contributed by atoms with Gasteiger partial charge in [-0.05, 0) is 24.3 Å². The number of nitrogens with one attached hydrogen (secondary N) is 2. The van der Waals surface area contributed by atoms with Gasteiger partial charge < -0.3 is 10.6 Å². The van der Waals surface area contributed by atoms with Crippen LogP contribution >= 0.6 is 22.9 Å². The molecule has 2 rings (SSSR count). The second-order valence-electron chi connectivity index (χ2n) is 4.21. The number of amides is 2. The summed E-state index contributed by atoms with van der Waals surface area (Å²) in [7, 11) is 0. The van der Waals surface area contributed by atoms with Crippen molar-refractivity contribution in [3.05, 3.63) is 56.7 Å². The maximum absolute atomic E-state index is 13.4. The Morgan fingerprint density at radius 1 is 1.00 bits per heavy atom. The Hall–Kier alpha value is -1.99. The van der Waals surface area contributed by atoms with Gasteiger partial charge in [0.15, 0.2) is 0 Å². The topological polar surface area (TPSA) is 58.2 Å². The standard InChI is InChI=1S/C14H11ClF2N2O2S/c15-11-5-4-10(22-11)13(20)18-6-7-19-14(21)12-8(16)2-1-3-9(12)17/h1-5H,6-7H2,(H,18,20)(H,19,21). The zero-order valence-corrected chi connectivity index (χ0v) is 12.7. The summed E-state index contributed by atoms with van der Waals surface area (Å²) in [5, 5.41) is 4.90. The van der Waals surface area contributed by atoms with E-state index in [-0.39, 0.29) is 19.0 Å². The zero-order chi connectivity index (χ0) is 16.1. The summed E-state index contributed by atoms with van der Waals surface area (Å²) in [4.78, 5) is 23.8. The Kier molecular flexibility index (Phi) is 5.46. The van der Waals surface area contributed by atoms with Crippen molar-refractivity contribution >= 4 is 34.8 Å². The maximum Gasteiger partial charge on any atom is 0.261 e. The van der Waals surface area contributed by atoms with Crippen molar-refractivity contribution in [3.63, 3.8) is 0 Å². The predicted molar refractivity (Wildman–Crippen MR) is 80.4 cm³/mol. The lowest BCUT2D eigenvalue weighted by Gasteiger charge is -2.07. The molecule has 0 aliphatic carbocycles. The van der Waals surface area contributed by atoms with Crippen LogP contribution in [-0.4, -0.2) is 24.9 Å². The molecule has 1 aromatic heterocycles. The molecular weight excluding hydrogens is 334 g/mol. The van der Waals surface area contributed by atoms with E-state index in [1.54, 1.807) is 12.1 Å². The molecule has 0 aliphatic heterocycles. The molecule has 0 saturated heterocycles. The normalized spacial score (nSPS) is 10.3. The summed E-state index contributed by atoms with van der Waals surface area (Å²) in [6.07, 6.45) is 0. The second-order valence-corrected chi connectivity index (χ2v) is 5.93. The highest BCUT2D eigenvalue weighted by molar-refractivity contribution is 7.17. The van der Waals surface area contributed by atoms with Crippen LogP contribution in [-0.2, 0) is 0 Å². The van der Waals surface area contributed by atoms with Crippen LogP contribution in [0, 0.1) is 11.6 Å². The van der Waals surface area contributed by atoms with Gasteiger partial charge in [0, 0.05) is 13.1 Å². The Morgan fingerprint density at radius 2 is 1.59 bits per heavy atom. The fraction of sp³-hybridized carbons (Fsp3) is 0.143. The highest BCUT2D eigenvalue weighted by Gasteiger charge is 2.16. The lowest BCUT2D eigenvalue weighted by Crippen LogP contribution is -2.35. The third kappa shape index (κ3) is 4.02. The molecule has 1 heterocycles. The van der Waals surface area contributed by atoms with E-state index in [2.05, 4.69) is 10.6 Å². The summed E-state index contributed by atoms with van der Waals surface area (Å²) in [6.45, 7) is 0.160. The summed E-state index contributed by atoms with van der Waals surface area (Å²) >= 11 is 6.84. The van der Waals surface area contributed by atoms with Crippen LogP contribution in [0.1, 0.15) is 20.0 Å². The molecular formula is C14H11ClF2N2O2S. The van der Waals surface area contributed by atoms with Gasteiger partial charge in [0.25, 0.3) is 11.8 Å². The van der Waals surface area contributed by atoms with Crippen molar-refractivity contribution in [1.82, 2.24) is 10.6 Å². The van der Waals surface area contributed by atoms with Crippen LogP contribution in [0.25, 0.3) is 0 Å². The van der Waals surface area contributed by atoms with Gasteiger partial charge in [-0.15, -0.1) is 11.3 Å². The Balaban J connectivity index is 1.81. The first kappa shape index (κ1) is 16.4. The molecule has 0 spiro atoms. The highest BCUT2D eigenvalue weighted by Crippen LogP contribution is 2.20. The molecule has 116 valence electrons. The average Bonchev–Trinajstić information content (AvgIpc) is 2.90. The van der Waals surface area contributed by atoms with Gasteiger partial charge in [0.05, 0.1) is 9.21 Å². The molecule has 0 unspecified atom stereocenters. The number of carbonyl (C=O) groups is 2. The Bertz CT molecular complexity index is 686. The highest BCUT2D eigenvalue weighted by atomic mass is 35.5. The fourth-order valence-corrected chi connectivity index (χ4v) is 2.64. The first-order chi connectivity index (χ1) is 10.5. The molecule has 2 aromatic rings. The number of benzene rings is 1. The molecule has 0 atom stereocenters. The predicted octanol–water partition coefficient (Wildman–Crippen LogP) is 2.84. The second kappa shape index (κ2) is 7.33. The monoisotopic (exact) mass is 344 g/mol. The van der Waals surface area contributed by atoms with Crippen molar-refractivity contribution in [2.75, 3.05) is 13.1 Å². The summed E-state index contributed by atoms with van der Waals surface area (Å²) < 4.78 is 27.3. The number of rotatable bonds is 5. The van der Waals surface area contributed by atoms with Crippen molar-refractivity contribution < 1.29 is 18.4 Å². The van der Waals surface area contributed by atoms with Crippen molar-refractivity contribution in [3.8, 4) is 0 Å². The summed E-state index contributed by atoms with van der Waals surface area (Å²) in [5.41, 5.74) is -0.640. The number of halogens is 3. The van der Waals surface area contributed by atoms with Gasteiger partial charge in [-0.25, -0.2) is 8.78 Å². The van der Waals surface area contributed by atoms with Crippen molar-refractivity contribution in [1.29, 1.82) is 0 Å². The summed E-state index contributed by atoms with van der Waals surface area (Å²) in [5.74, 6) is -3.07. The Labute approximate surface area is 134 Å². The van der Waals surface area contributed by atoms with Gasteiger partial charge in [0.2, 0.25) is 0 Å². The van der Waals surface area contributed by atoms with E-state index in [0.717, 1.165) is 23.5 Å². The van der Waals surface area contributed by atoms with E-state index in [1.165, 1.54) is 6.07 Å². The molecule has 8 heteroatoms. The van der Waals surface area contributed by atoms with Crippen LogP contribution < -0.4 is 10.6 Å². The van der Waals surface area contributed by atoms with Crippen LogP contribution in [0.3, 0.4) is 0 Å². The quantitative estimate of drug-likeness (QED) is 0.819. The van der Waals surface area contributed by atoms with E-state index in [4.69, 9.17) is 11.6 Å². The number of thiophene rings is 1. The SMILES string of the molecule is O=C(NCCNC(=O)c1c(F)cccc1F)c1ccc(Cl)s1. The number of carbonyl (C=O) groups excluding carboxylic acids is 2.